The van der Waals surface area contributed by atoms with E-state index in [-0.39, 0.29) is 0 Å². The highest BCUT2D eigenvalue weighted by Crippen LogP contribution is 2.26. The molecule has 4 heteroatoms. The second kappa shape index (κ2) is 9.34. The van der Waals surface area contributed by atoms with Crippen LogP contribution in [0.1, 0.15) is 36.9 Å². The standard InChI is InChI=1S/C24H25N3S/c1-4-18-7-11-22(12-8-18)26-15-21(14-25)24-27-23(16-28-24)20-9-5-19(6-10-20)13-17(2)3/h5-12,15-17,26H,4,13H2,1-3H3. The molecule has 1 N–H and O–H groups in total. The molecule has 0 atom stereocenters. The zero-order valence-corrected chi connectivity index (χ0v) is 17.4. The summed E-state index contributed by atoms with van der Waals surface area (Å²) in [5.41, 5.74) is 6.11. The number of hydrogen-bond donors (Lipinski definition) is 1. The van der Waals surface area contributed by atoms with Crippen molar-refractivity contribution in [3.8, 4) is 17.3 Å². The first-order valence-corrected chi connectivity index (χ1v) is 10.5. The zero-order valence-electron chi connectivity index (χ0n) is 16.6. The highest BCUT2D eigenvalue weighted by molar-refractivity contribution is 7.11. The Bertz CT molecular complexity index is 974. The third-order valence-electron chi connectivity index (χ3n) is 4.49. The van der Waals surface area contributed by atoms with Crippen LogP contribution in [0.5, 0.6) is 0 Å². The van der Waals surface area contributed by atoms with Crippen LogP contribution in [0.25, 0.3) is 16.8 Å². The molecular formula is C24H25N3S. The second-order valence-corrected chi connectivity index (χ2v) is 8.06. The van der Waals surface area contributed by atoms with Crippen molar-refractivity contribution in [2.24, 2.45) is 5.92 Å². The minimum Gasteiger partial charge on any atom is -0.360 e. The lowest BCUT2D eigenvalue weighted by molar-refractivity contribution is 0.647. The number of aromatic nitrogens is 1. The molecule has 0 amide bonds. The van der Waals surface area contributed by atoms with Crippen LogP contribution in [-0.2, 0) is 12.8 Å². The van der Waals surface area contributed by atoms with Crippen LogP contribution in [0.3, 0.4) is 0 Å². The Hall–Kier alpha value is -2.90. The molecule has 142 valence electrons. The first kappa shape index (κ1) is 19.9. The lowest BCUT2D eigenvalue weighted by Gasteiger charge is -2.05. The number of hydrogen-bond acceptors (Lipinski definition) is 4. The van der Waals surface area contributed by atoms with E-state index in [0.29, 0.717) is 11.5 Å². The predicted octanol–water partition coefficient (Wildman–Crippen LogP) is 6.55. The van der Waals surface area contributed by atoms with Crippen molar-refractivity contribution >= 4 is 22.6 Å². The average molecular weight is 388 g/mol. The van der Waals surface area contributed by atoms with Gasteiger partial charge in [0.15, 0.2) is 0 Å². The maximum absolute atomic E-state index is 9.55. The summed E-state index contributed by atoms with van der Waals surface area (Å²) < 4.78 is 0. The summed E-state index contributed by atoms with van der Waals surface area (Å²) in [6.45, 7) is 6.58. The number of nitrogens with one attached hydrogen (secondary N) is 1. The Morgan fingerprint density at radius 3 is 2.39 bits per heavy atom. The largest absolute Gasteiger partial charge is 0.360 e. The molecule has 0 aliphatic heterocycles. The van der Waals surface area contributed by atoms with E-state index in [9.17, 15) is 5.26 Å². The molecule has 0 bridgehead atoms. The smallest absolute Gasteiger partial charge is 0.136 e. The Balaban J connectivity index is 1.74. The van der Waals surface area contributed by atoms with Gasteiger partial charge in [-0.2, -0.15) is 5.26 Å². The van der Waals surface area contributed by atoms with Crippen molar-refractivity contribution in [3.05, 3.63) is 76.2 Å². The topological polar surface area (TPSA) is 48.7 Å². The summed E-state index contributed by atoms with van der Waals surface area (Å²) in [6.07, 6.45) is 3.82. The maximum Gasteiger partial charge on any atom is 0.136 e. The third kappa shape index (κ3) is 5.09. The van der Waals surface area contributed by atoms with Gasteiger partial charge in [-0.3, -0.25) is 0 Å². The molecule has 0 saturated carbocycles. The molecule has 0 radical (unpaired) electrons. The Labute approximate surface area is 171 Å². The van der Waals surface area contributed by atoms with Gasteiger partial charge < -0.3 is 5.32 Å². The van der Waals surface area contributed by atoms with Gasteiger partial charge in [0, 0.05) is 22.8 Å². The molecule has 3 aromatic rings. The van der Waals surface area contributed by atoms with Crippen LogP contribution < -0.4 is 5.32 Å². The quantitative estimate of drug-likeness (QED) is 0.468. The molecule has 0 unspecified atom stereocenters. The Kier molecular flexibility index (Phi) is 6.62. The lowest BCUT2D eigenvalue weighted by atomic mass is 10.0. The van der Waals surface area contributed by atoms with Crippen molar-refractivity contribution < 1.29 is 0 Å². The van der Waals surface area contributed by atoms with Gasteiger partial charge in [0.1, 0.15) is 16.6 Å². The summed E-state index contributed by atoms with van der Waals surface area (Å²) in [7, 11) is 0. The van der Waals surface area contributed by atoms with Crippen molar-refractivity contribution in [3.63, 3.8) is 0 Å². The maximum atomic E-state index is 9.55. The van der Waals surface area contributed by atoms with Gasteiger partial charge >= 0.3 is 0 Å². The number of thiazole rings is 1. The first-order chi connectivity index (χ1) is 13.6. The normalized spacial score (nSPS) is 11.5. The fraction of sp³-hybridized carbons (Fsp3) is 0.250. The van der Waals surface area contributed by atoms with Gasteiger partial charge in [-0.15, -0.1) is 11.3 Å². The van der Waals surface area contributed by atoms with Gasteiger partial charge in [-0.25, -0.2) is 4.98 Å². The molecule has 3 rings (SSSR count). The predicted molar refractivity (Wildman–Crippen MR) is 119 cm³/mol. The minimum absolute atomic E-state index is 0.534. The fourth-order valence-electron chi connectivity index (χ4n) is 2.95. The van der Waals surface area contributed by atoms with E-state index in [1.54, 1.807) is 6.20 Å². The number of nitriles is 1. The van der Waals surface area contributed by atoms with Crippen LogP contribution >= 0.6 is 11.3 Å². The van der Waals surface area contributed by atoms with Crippen LogP contribution in [0, 0.1) is 17.2 Å². The fourth-order valence-corrected chi connectivity index (χ4v) is 3.74. The van der Waals surface area contributed by atoms with Crippen LogP contribution in [-0.4, -0.2) is 4.98 Å². The summed E-state index contributed by atoms with van der Waals surface area (Å²) in [4.78, 5) is 4.67. The molecule has 2 aromatic carbocycles. The molecular weight excluding hydrogens is 362 g/mol. The zero-order chi connectivity index (χ0) is 19.9. The van der Waals surface area contributed by atoms with Crippen molar-refractivity contribution in [1.82, 2.24) is 4.98 Å². The highest BCUT2D eigenvalue weighted by Gasteiger charge is 2.09. The van der Waals surface area contributed by atoms with Crippen molar-refractivity contribution in [1.29, 1.82) is 5.26 Å². The average Bonchev–Trinajstić information content (AvgIpc) is 3.19. The molecule has 1 aromatic heterocycles. The minimum atomic E-state index is 0.534. The van der Waals surface area contributed by atoms with Crippen LogP contribution in [0.15, 0.2) is 60.1 Å². The summed E-state index contributed by atoms with van der Waals surface area (Å²) in [5.74, 6) is 0.644. The summed E-state index contributed by atoms with van der Waals surface area (Å²) in [5, 5.41) is 15.5. The molecule has 0 aliphatic carbocycles. The Morgan fingerprint density at radius 2 is 1.79 bits per heavy atom. The molecule has 0 saturated heterocycles. The summed E-state index contributed by atoms with van der Waals surface area (Å²) >= 11 is 1.49. The second-order valence-electron chi connectivity index (χ2n) is 7.20. The van der Waals surface area contributed by atoms with Gasteiger partial charge in [0.2, 0.25) is 0 Å². The summed E-state index contributed by atoms with van der Waals surface area (Å²) in [6, 6.07) is 19.0. The number of benzene rings is 2. The lowest BCUT2D eigenvalue weighted by Crippen LogP contribution is -1.93. The van der Waals surface area contributed by atoms with Crippen molar-refractivity contribution in [2.45, 2.75) is 33.6 Å². The number of rotatable bonds is 7. The number of allylic oxidation sites excluding steroid dienone is 1. The van der Waals surface area contributed by atoms with E-state index in [2.05, 4.69) is 73.5 Å². The number of aryl methyl sites for hydroxylation is 1. The van der Waals surface area contributed by atoms with E-state index in [1.807, 2.05) is 17.5 Å². The Morgan fingerprint density at radius 1 is 1.11 bits per heavy atom. The number of nitrogens with zero attached hydrogens (tertiary/aromatic N) is 2. The monoisotopic (exact) mass is 387 g/mol. The van der Waals surface area contributed by atoms with Crippen molar-refractivity contribution in [2.75, 3.05) is 5.32 Å². The van der Waals surface area contributed by atoms with E-state index in [0.717, 1.165) is 34.8 Å². The van der Waals surface area contributed by atoms with E-state index < -0.39 is 0 Å². The van der Waals surface area contributed by atoms with Gasteiger partial charge in [-0.05, 0) is 42.0 Å². The van der Waals surface area contributed by atoms with Gasteiger partial charge in [0.05, 0.1) is 5.69 Å². The third-order valence-corrected chi connectivity index (χ3v) is 5.37. The molecule has 1 heterocycles. The molecule has 28 heavy (non-hydrogen) atoms. The number of anilines is 1. The van der Waals surface area contributed by atoms with Gasteiger partial charge in [-0.1, -0.05) is 57.2 Å². The van der Waals surface area contributed by atoms with Gasteiger partial charge in [0.25, 0.3) is 0 Å². The van der Waals surface area contributed by atoms with Crippen LogP contribution in [0.4, 0.5) is 5.69 Å². The molecule has 0 fully saturated rings. The van der Waals surface area contributed by atoms with E-state index >= 15 is 0 Å². The molecule has 0 spiro atoms. The van der Waals surface area contributed by atoms with Crippen LogP contribution in [0.2, 0.25) is 0 Å². The highest BCUT2D eigenvalue weighted by atomic mass is 32.1. The first-order valence-electron chi connectivity index (χ1n) is 9.60. The van der Waals surface area contributed by atoms with E-state index in [1.165, 1.54) is 22.5 Å². The molecule has 3 nitrogen and oxygen atoms in total. The van der Waals surface area contributed by atoms with E-state index in [4.69, 9.17) is 0 Å². The SMILES string of the molecule is CCc1ccc(NC=C(C#N)c2nc(-c3ccc(CC(C)C)cc3)cs2)cc1. The molecule has 0 aliphatic rings.